The molecule has 1 aromatic heterocycles. The monoisotopic (exact) mass is 324 g/mol. The molecule has 0 N–H and O–H groups in total. The molecule has 0 fully saturated rings. The van der Waals surface area contributed by atoms with Gasteiger partial charge < -0.3 is 4.57 Å². The van der Waals surface area contributed by atoms with Crippen LogP contribution in [0.1, 0.15) is 41.7 Å². The van der Waals surface area contributed by atoms with Crippen LogP contribution in [0.5, 0.6) is 0 Å². The minimum atomic E-state index is -1.16. The van der Waals surface area contributed by atoms with Crippen LogP contribution in [0.3, 0.4) is 0 Å². The lowest BCUT2D eigenvalue weighted by molar-refractivity contribution is 0.0993. The summed E-state index contributed by atoms with van der Waals surface area (Å²) in [6.07, 6.45) is 0. The smallest absolute Gasteiger partial charge is 0.282 e. The van der Waals surface area contributed by atoms with Gasteiger partial charge in [0.05, 0.1) is 5.56 Å². The highest BCUT2D eigenvalue weighted by Crippen LogP contribution is 2.27. The Hall–Kier alpha value is -1.82. The van der Waals surface area contributed by atoms with E-state index in [2.05, 4.69) is 25.8 Å². The Morgan fingerprint density at radius 3 is 2.45 bits per heavy atom. The molecular formula is C16H18F2N2OS. The van der Waals surface area contributed by atoms with Crippen LogP contribution in [0.2, 0.25) is 0 Å². The molecule has 0 saturated carbocycles. The van der Waals surface area contributed by atoms with Crippen molar-refractivity contribution >= 4 is 17.2 Å². The second-order valence-corrected chi connectivity index (χ2v) is 7.10. The van der Waals surface area contributed by atoms with Crippen LogP contribution in [-0.4, -0.2) is 10.5 Å². The molecule has 0 atom stereocenters. The van der Waals surface area contributed by atoms with E-state index < -0.39 is 17.5 Å². The molecule has 6 heteroatoms. The molecule has 0 bridgehead atoms. The van der Waals surface area contributed by atoms with Crippen LogP contribution in [-0.2, 0) is 12.5 Å². The minimum Gasteiger partial charge on any atom is -0.324 e. The average Bonchev–Trinajstić information content (AvgIpc) is 2.70. The van der Waals surface area contributed by atoms with Crippen molar-refractivity contribution in [1.29, 1.82) is 0 Å². The molecule has 0 spiro atoms. The number of hydrogen-bond acceptors (Lipinski definition) is 2. The van der Waals surface area contributed by atoms with E-state index in [0.29, 0.717) is 4.80 Å². The third-order valence-electron chi connectivity index (χ3n) is 3.37. The molecule has 2 rings (SSSR count). The van der Waals surface area contributed by atoms with Crippen LogP contribution < -0.4 is 4.80 Å². The number of thiazole rings is 1. The number of carbonyl (C=O) groups is 1. The Morgan fingerprint density at radius 1 is 1.27 bits per heavy atom. The van der Waals surface area contributed by atoms with E-state index >= 15 is 0 Å². The van der Waals surface area contributed by atoms with E-state index in [1.54, 1.807) is 11.6 Å². The summed E-state index contributed by atoms with van der Waals surface area (Å²) < 4.78 is 28.7. The fraction of sp³-hybridized carbons (Fsp3) is 0.375. The SMILES string of the molecule is Cc1c(C(C)(C)C)s/c(=N\C(=O)c2cccc(F)c2F)n1C. The molecule has 0 unspecified atom stereocenters. The average molecular weight is 324 g/mol. The normalized spacial score (nSPS) is 12.8. The molecule has 118 valence electrons. The topological polar surface area (TPSA) is 34.4 Å². The summed E-state index contributed by atoms with van der Waals surface area (Å²) in [7, 11) is 1.80. The third-order valence-corrected chi connectivity index (χ3v) is 5.03. The van der Waals surface area contributed by atoms with Gasteiger partial charge in [-0.25, -0.2) is 8.78 Å². The van der Waals surface area contributed by atoms with Gasteiger partial charge in [0.25, 0.3) is 5.91 Å². The van der Waals surface area contributed by atoms with Crippen molar-refractivity contribution in [3.05, 3.63) is 50.8 Å². The first kappa shape index (κ1) is 16.5. The fourth-order valence-corrected chi connectivity index (χ4v) is 3.31. The zero-order chi connectivity index (χ0) is 16.7. The van der Waals surface area contributed by atoms with Crippen LogP contribution in [0.15, 0.2) is 23.2 Å². The maximum Gasteiger partial charge on any atom is 0.282 e. The van der Waals surface area contributed by atoms with Crippen molar-refractivity contribution in [3.63, 3.8) is 0 Å². The van der Waals surface area contributed by atoms with Gasteiger partial charge in [-0.15, -0.1) is 11.3 Å². The molecule has 1 amide bonds. The van der Waals surface area contributed by atoms with Crippen molar-refractivity contribution in [2.45, 2.75) is 33.1 Å². The highest BCUT2D eigenvalue weighted by atomic mass is 32.1. The van der Waals surface area contributed by atoms with Gasteiger partial charge in [-0.2, -0.15) is 4.99 Å². The first-order valence-electron chi connectivity index (χ1n) is 6.83. The molecule has 2 aromatic rings. The van der Waals surface area contributed by atoms with E-state index in [1.165, 1.54) is 23.5 Å². The molecule has 22 heavy (non-hydrogen) atoms. The predicted octanol–water partition coefficient (Wildman–Crippen LogP) is 3.71. The number of carbonyl (C=O) groups excluding carboxylic acids is 1. The summed E-state index contributed by atoms with van der Waals surface area (Å²) in [4.78, 5) is 17.7. The molecular weight excluding hydrogens is 306 g/mol. The maximum atomic E-state index is 13.7. The lowest BCUT2D eigenvalue weighted by Gasteiger charge is -2.17. The number of amides is 1. The first-order valence-corrected chi connectivity index (χ1v) is 7.64. The number of rotatable bonds is 1. The minimum absolute atomic E-state index is 0.0760. The second kappa shape index (κ2) is 5.76. The Kier molecular flexibility index (Phi) is 4.33. The van der Waals surface area contributed by atoms with E-state index in [-0.39, 0.29) is 11.0 Å². The van der Waals surface area contributed by atoms with Gasteiger partial charge in [0.15, 0.2) is 16.4 Å². The molecule has 0 aliphatic heterocycles. The van der Waals surface area contributed by atoms with E-state index in [1.807, 2.05) is 6.92 Å². The van der Waals surface area contributed by atoms with Crippen LogP contribution >= 0.6 is 11.3 Å². The van der Waals surface area contributed by atoms with Gasteiger partial charge in [0, 0.05) is 17.6 Å². The van der Waals surface area contributed by atoms with Crippen LogP contribution in [0, 0.1) is 18.6 Å². The lowest BCUT2D eigenvalue weighted by atomic mass is 9.93. The predicted molar refractivity (Wildman–Crippen MR) is 83.0 cm³/mol. The molecule has 1 aromatic carbocycles. The number of aromatic nitrogens is 1. The number of halogens is 2. The van der Waals surface area contributed by atoms with Crippen molar-refractivity contribution in [1.82, 2.24) is 4.57 Å². The summed E-state index contributed by atoms with van der Waals surface area (Å²) >= 11 is 1.39. The van der Waals surface area contributed by atoms with Crippen molar-refractivity contribution in [3.8, 4) is 0 Å². The summed E-state index contributed by atoms with van der Waals surface area (Å²) in [5.41, 5.74) is 0.570. The largest absolute Gasteiger partial charge is 0.324 e. The van der Waals surface area contributed by atoms with Gasteiger partial charge in [-0.1, -0.05) is 26.8 Å². The molecule has 0 aliphatic carbocycles. The Labute approximate surface area is 132 Å². The summed E-state index contributed by atoms with van der Waals surface area (Å²) in [5, 5.41) is 0. The molecule has 0 aliphatic rings. The fourth-order valence-electron chi connectivity index (χ4n) is 2.14. The van der Waals surface area contributed by atoms with Crippen molar-refractivity contribution < 1.29 is 13.6 Å². The van der Waals surface area contributed by atoms with Crippen molar-refractivity contribution in [2.75, 3.05) is 0 Å². The first-order chi connectivity index (χ1) is 10.1. The lowest BCUT2D eigenvalue weighted by Crippen LogP contribution is -2.15. The third kappa shape index (κ3) is 3.02. The second-order valence-electron chi connectivity index (χ2n) is 6.13. The number of benzene rings is 1. The van der Waals surface area contributed by atoms with Crippen molar-refractivity contribution in [2.24, 2.45) is 12.0 Å². The Bertz CT molecular complexity index is 797. The Balaban J connectivity index is 2.55. The summed E-state index contributed by atoms with van der Waals surface area (Å²) in [6, 6.07) is 3.50. The van der Waals surface area contributed by atoms with Gasteiger partial charge >= 0.3 is 0 Å². The molecule has 0 saturated heterocycles. The molecule has 1 heterocycles. The van der Waals surface area contributed by atoms with E-state index in [0.717, 1.165) is 16.6 Å². The summed E-state index contributed by atoms with van der Waals surface area (Å²) in [6.45, 7) is 8.17. The summed E-state index contributed by atoms with van der Waals surface area (Å²) in [5.74, 6) is -3.00. The number of hydrogen-bond donors (Lipinski definition) is 0. The van der Waals surface area contributed by atoms with Gasteiger partial charge in [0.2, 0.25) is 0 Å². The van der Waals surface area contributed by atoms with Crippen LogP contribution in [0.25, 0.3) is 0 Å². The zero-order valence-electron chi connectivity index (χ0n) is 13.2. The maximum absolute atomic E-state index is 13.7. The highest BCUT2D eigenvalue weighted by Gasteiger charge is 2.21. The molecule has 0 radical (unpaired) electrons. The van der Waals surface area contributed by atoms with Gasteiger partial charge in [-0.3, -0.25) is 4.79 Å². The molecule has 3 nitrogen and oxygen atoms in total. The van der Waals surface area contributed by atoms with E-state index in [9.17, 15) is 13.6 Å². The van der Waals surface area contributed by atoms with Gasteiger partial charge in [0.1, 0.15) is 0 Å². The Morgan fingerprint density at radius 2 is 1.91 bits per heavy atom. The zero-order valence-corrected chi connectivity index (χ0v) is 14.0. The highest BCUT2D eigenvalue weighted by molar-refractivity contribution is 7.09. The quantitative estimate of drug-likeness (QED) is 0.787. The van der Waals surface area contributed by atoms with E-state index in [4.69, 9.17) is 0 Å². The van der Waals surface area contributed by atoms with Gasteiger partial charge in [-0.05, 0) is 24.5 Å². The number of nitrogens with zero attached hydrogens (tertiary/aromatic N) is 2. The standard InChI is InChI=1S/C16H18F2N2OS/c1-9-13(16(2,3)4)22-15(20(9)5)19-14(21)10-7-6-8-11(17)12(10)18/h6-8H,1-5H3/b19-15-. The van der Waals surface area contributed by atoms with Crippen LogP contribution in [0.4, 0.5) is 8.78 Å².